The summed E-state index contributed by atoms with van der Waals surface area (Å²) in [5.74, 6) is 0.0283. The number of nitrogens with one attached hydrogen (secondary N) is 1. The van der Waals surface area contributed by atoms with Gasteiger partial charge in [0.05, 0.1) is 5.41 Å². The van der Waals surface area contributed by atoms with Crippen LogP contribution in [-0.2, 0) is 16.1 Å². The number of hydrogen-bond acceptors (Lipinski definition) is 4. The fourth-order valence-electron chi connectivity index (χ4n) is 2.21. The molecule has 8 heteroatoms. The predicted molar refractivity (Wildman–Crippen MR) is 68.4 cm³/mol. The lowest BCUT2D eigenvalue weighted by atomic mass is 9.79. The van der Waals surface area contributed by atoms with E-state index in [1.54, 1.807) is 0 Å². The van der Waals surface area contributed by atoms with E-state index in [1.807, 2.05) is 0 Å². The molecule has 2 rings (SSSR count). The topological polar surface area (TPSA) is 82.2 Å². The molecule has 0 unspecified atom stereocenters. The molecule has 0 atom stereocenters. The molecule has 1 fully saturated rings. The third kappa shape index (κ3) is 3.31. The second kappa shape index (κ2) is 6.27. The Morgan fingerprint density at radius 2 is 2.25 bits per heavy atom. The second-order valence-corrected chi connectivity index (χ2v) is 4.87. The molecule has 1 aromatic heterocycles. The zero-order valence-corrected chi connectivity index (χ0v) is 11.0. The van der Waals surface area contributed by atoms with Gasteiger partial charge in [-0.1, -0.05) is 0 Å². The second-order valence-electron chi connectivity index (χ2n) is 4.87. The number of amides is 1. The molecular weight excluding hydrogens is 270 g/mol. The third-order valence-corrected chi connectivity index (χ3v) is 3.53. The van der Waals surface area contributed by atoms with Gasteiger partial charge in [0.2, 0.25) is 5.91 Å². The van der Waals surface area contributed by atoms with Crippen LogP contribution >= 0.6 is 0 Å². The number of rotatable bonds is 5. The molecule has 1 aliphatic heterocycles. The minimum absolute atomic E-state index is 0.222. The maximum Gasteiger partial charge on any atom is 0.257 e. The average Bonchev–Trinajstić information content (AvgIpc) is 2.85. The summed E-state index contributed by atoms with van der Waals surface area (Å²) in [5.41, 5.74) is 5.06. The van der Waals surface area contributed by atoms with Crippen LogP contribution in [0.5, 0.6) is 0 Å². The van der Waals surface area contributed by atoms with Crippen molar-refractivity contribution < 1.29 is 18.3 Å². The van der Waals surface area contributed by atoms with Crippen LogP contribution in [0.1, 0.15) is 12.8 Å². The molecule has 20 heavy (non-hydrogen) atoms. The average molecular weight is 288 g/mol. The fraction of sp³-hybridized carbons (Fsp3) is 0.667. The Morgan fingerprint density at radius 3 is 2.85 bits per heavy atom. The van der Waals surface area contributed by atoms with Gasteiger partial charge < -0.3 is 15.8 Å². The Bertz CT molecular complexity index is 458. The highest BCUT2D eigenvalue weighted by molar-refractivity contribution is 5.94. The van der Waals surface area contributed by atoms with Gasteiger partial charge in [0.1, 0.15) is 6.54 Å². The zero-order chi connectivity index (χ0) is 14.6. The van der Waals surface area contributed by atoms with Gasteiger partial charge in [-0.15, -0.1) is 0 Å². The predicted octanol–water partition coefficient (Wildman–Crippen LogP) is 0.842. The van der Waals surface area contributed by atoms with Gasteiger partial charge in [-0.2, -0.15) is 5.10 Å². The number of nitrogens with two attached hydrogens (primary N) is 1. The SMILES string of the molecule is NCC1(C(=O)Nc2ccn(CC(F)F)n2)CCOCC1. The highest BCUT2D eigenvalue weighted by atomic mass is 19.3. The summed E-state index contributed by atoms with van der Waals surface area (Å²) in [6, 6.07) is 1.49. The van der Waals surface area contributed by atoms with E-state index in [2.05, 4.69) is 10.4 Å². The minimum Gasteiger partial charge on any atom is -0.381 e. The fourth-order valence-corrected chi connectivity index (χ4v) is 2.21. The summed E-state index contributed by atoms with van der Waals surface area (Å²) in [7, 11) is 0. The molecule has 2 heterocycles. The zero-order valence-electron chi connectivity index (χ0n) is 11.0. The van der Waals surface area contributed by atoms with Gasteiger partial charge in [-0.25, -0.2) is 8.78 Å². The van der Waals surface area contributed by atoms with Gasteiger partial charge in [0.15, 0.2) is 5.82 Å². The van der Waals surface area contributed by atoms with E-state index < -0.39 is 18.4 Å². The first-order valence-corrected chi connectivity index (χ1v) is 6.47. The first-order chi connectivity index (χ1) is 9.55. The van der Waals surface area contributed by atoms with Gasteiger partial charge >= 0.3 is 0 Å². The number of ether oxygens (including phenoxy) is 1. The Labute approximate surface area is 115 Å². The Kier molecular flexibility index (Phi) is 4.66. The summed E-state index contributed by atoms with van der Waals surface area (Å²) >= 11 is 0. The van der Waals surface area contributed by atoms with Crippen LogP contribution in [0.3, 0.4) is 0 Å². The minimum atomic E-state index is -2.48. The van der Waals surface area contributed by atoms with Gasteiger partial charge in [-0.3, -0.25) is 9.48 Å². The van der Waals surface area contributed by atoms with Crippen LogP contribution in [-0.4, -0.2) is 41.9 Å². The van der Waals surface area contributed by atoms with Crippen LogP contribution in [0.25, 0.3) is 0 Å². The molecular formula is C12H18F2N4O2. The molecule has 6 nitrogen and oxygen atoms in total. The van der Waals surface area contributed by atoms with E-state index in [9.17, 15) is 13.6 Å². The van der Waals surface area contributed by atoms with Gasteiger partial charge in [0.25, 0.3) is 6.43 Å². The first kappa shape index (κ1) is 14.9. The van der Waals surface area contributed by atoms with E-state index in [4.69, 9.17) is 10.5 Å². The summed E-state index contributed by atoms with van der Waals surface area (Å²) in [4.78, 5) is 12.3. The number of anilines is 1. The van der Waals surface area contributed by atoms with Crippen LogP contribution in [0.2, 0.25) is 0 Å². The molecule has 0 spiro atoms. The monoisotopic (exact) mass is 288 g/mol. The standard InChI is InChI=1S/C12H18F2N4O2/c13-9(14)7-18-4-1-10(17-18)16-11(19)12(8-15)2-5-20-6-3-12/h1,4,9H,2-3,5-8,15H2,(H,16,17,19). The highest BCUT2D eigenvalue weighted by Crippen LogP contribution is 2.30. The number of nitrogens with zero attached hydrogens (tertiary/aromatic N) is 2. The van der Waals surface area contributed by atoms with Gasteiger partial charge in [-0.05, 0) is 12.8 Å². The van der Waals surface area contributed by atoms with Crippen molar-refractivity contribution in [3.8, 4) is 0 Å². The summed E-state index contributed by atoms with van der Waals surface area (Å²) in [6.45, 7) is 0.709. The maximum atomic E-state index is 12.3. The quantitative estimate of drug-likeness (QED) is 0.841. The largest absolute Gasteiger partial charge is 0.381 e. The maximum absolute atomic E-state index is 12.3. The molecule has 0 bridgehead atoms. The van der Waals surface area contributed by atoms with Crippen molar-refractivity contribution in [3.63, 3.8) is 0 Å². The normalized spacial score (nSPS) is 18.2. The van der Waals surface area contributed by atoms with E-state index >= 15 is 0 Å². The molecule has 0 aliphatic carbocycles. The third-order valence-electron chi connectivity index (χ3n) is 3.53. The number of carbonyl (C=O) groups is 1. The summed E-state index contributed by atoms with van der Waals surface area (Å²) < 4.78 is 30.8. The molecule has 0 aromatic carbocycles. The molecule has 112 valence electrons. The number of halogens is 2. The Hall–Kier alpha value is -1.54. The highest BCUT2D eigenvalue weighted by Gasteiger charge is 2.39. The van der Waals surface area contributed by atoms with E-state index in [-0.39, 0.29) is 18.3 Å². The van der Waals surface area contributed by atoms with Crippen molar-refractivity contribution >= 4 is 11.7 Å². The smallest absolute Gasteiger partial charge is 0.257 e. The molecule has 1 aromatic rings. The van der Waals surface area contributed by atoms with E-state index in [1.165, 1.54) is 12.3 Å². The van der Waals surface area contributed by atoms with E-state index in [0.29, 0.717) is 26.1 Å². The van der Waals surface area contributed by atoms with Crippen molar-refractivity contribution in [2.45, 2.75) is 25.8 Å². The van der Waals surface area contributed by atoms with Crippen molar-refractivity contribution in [2.75, 3.05) is 25.1 Å². The number of aromatic nitrogens is 2. The van der Waals surface area contributed by atoms with Crippen molar-refractivity contribution in [3.05, 3.63) is 12.3 Å². The lowest BCUT2D eigenvalue weighted by molar-refractivity contribution is -0.130. The Morgan fingerprint density at radius 1 is 1.55 bits per heavy atom. The molecule has 0 radical (unpaired) electrons. The summed E-state index contributed by atoms with van der Waals surface area (Å²) in [5, 5.41) is 6.53. The molecule has 0 saturated carbocycles. The van der Waals surface area contributed by atoms with Crippen LogP contribution in [0.4, 0.5) is 14.6 Å². The number of carbonyl (C=O) groups excluding carboxylic acids is 1. The lowest BCUT2D eigenvalue weighted by Crippen LogP contribution is -2.46. The molecule has 3 N–H and O–H groups in total. The summed E-state index contributed by atoms with van der Waals surface area (Å²) in [6.07, 6.45) is 0.0189. The lowest BCUT2D eigenvalue weighted by Gasteiger charge is -2.34. The molecule has 1 aliphatic rings. The Balaban J connectivity index is 2.01. The number of hydrogen-bond donors (Lipinski definition) is 2. The molecule has 1 saturated heterocycles. The number of alkyl halides is 2. The van der Waals surface area contributed by atoms with Crippen molar-refractivity contribution in [1.29, 1.82) is 0 Å². The van der Waals surface area contributed by atoms with Crippen molar-refractivity contribution in [1.82, 2.24) is 9.78 Å². The van der Waals surface area contributed by atoms with E-state index in [0.717, 1.165) is 4.68 Å². The van der Waals surface area contributed by atoms with Crippen LogP contribution in [0.15, 0.2) is 12.3 Å². The van der Waals surface area contributed by atoms with Gasteiger partial charge in [0, 0.05) is 32.0 Å². The van der Waals surface area contributed by atoms with Crippen LogP contribution < -0.4 is 11.1 Å². The van der Waals surface area contributed by atoms with Crippen molar-refractivity contribution in [2.24, 2.45) is 11.1 Å². The first-order valence-electron chi connectivity index (χ1n) is 6.47. The van der Waals surface area contributed by atoms with Crippen LogP contribution in [0, 0.1) is 5.41 Å². The molecule has 1 amide bonds.